The number of fused-ring (bicyclic) bond motifs is 4. The second kappa shape index (κ2) is 4.86. The maximum absolute atomic E-state index is 10.5. The lowest BCUT2D eigenvalue weighted by Crippen LogP contribution is -2.38. The Bertz CT molecular complexity index is 645. The molecule has 1 saturated carbocycles. The molecular formula is C20H26O2. The Kier molecular flexibility index (Phi) is 3.16. The van der Waals surface area contributed by atoms with Crippen molar-refractivity contribution in [1.82, 2.24) is 0 Å². The van der Waals surface area contributed by atoms with Crippen molar-refractivity contribution in [3.63, 3.8) is 0 Å². The molecule has 4 rings (SSSR count). The molecule has 0 amide bonds. The second-order valence-corrected chi connectivity index (χ2v) is 7.71. The average molecular weight is 298 g/mol. The van der Waals surface area contributed by atoms with Gasteiger partial charge in [0.05, 0.1) is 13.2 Å². The highest BCUT2D eigenvalue weighted by atomic mass is 16.5. The largest absolute Gasteiger partial charge is 0.497 e. The summed E-state index contributed by atoms with van der Waals surface area (Å²) >= 11 is 0. The summed E-state index contributed by atoms with van der Waals surface area (Å²) in [5.41, 5.74) is 6.22. The highest BCUT2D eigenvalue weighted by Gasteiger charge is 2.51. The first-order chi connectivity index (χ1) is 10.5. The van der Waals surface area contributed by atoms with Gasteiger partial charge >= 0.3 is 0 Å². The predicted octanol–water partition coefficient (Wildman–Crippen LogP) is 4.21. The van der Waals surface area contributed by atoms with Gasteiger partial charge in [0.2, 0.25) is 0 Å². The van der Waals surface area contributed by atoms with Gasteiger partial charge in [-0.15, -0.1) is 0 Å². The number of allylic oxidation sites excluding steroid dienone is 2. The van der Waals surface area contributed by atoms with Crippen molar-refractivity contribution in [1.29, 1.82) is 0 Å². The number of hydrogen-bond donors (Lipinski definition) is 1. The van der Waals surface area contributed by atoms with Crippen molar-refractivity contribution in [2.75, 3.05) is 7.11 Å². The van der Waals surface area contributed by atoms with Crippen LogP contribution in [-0.2, 0) is 6.42 Å². The summed E-state index contributed by atoms with van der Waals surface area (Å²) in [6, 6.07) is 6.56. The normalized spacial score (nSPS) is 36.6. The molecule has 1 N–H and O–H groups in total. The zero-order valence-corrected chi connectivity index (χ0v) is 13.9. The standard InChI is InChI=1S/C20H26O2/c1-12-10-13-11-14(22-3)4-5-15(13)16-8-9-20(2)17(19(12)16)6-7-18(20)21/h4-5,11-12,17-18,21H,6-10H2,1-3H3/t12?,17-,18-,20-/m0/s1. The van der Waals surface area contributed by atoms with Crippen LogP contribution < -0.4 is 4.74 Å². The van der Waals surface area contributed by atoms with Crippen LogP contribution in [0.3, 0.4) is 0 Å². The first kappa shape index (κ1) is 14.3. The Labute approximate surface area is 133 Å². The predicted molar refractivity (Wildman–Crippen MR) is 88.9 cm³/mol. The molecule has 1 unspecified atom stereocenters. The van der Waals surface area contributed by atoms with E-state index < -0.39 is 0 Å². The Morgan fingerprint density at radius 3 is 2.86 bits per heavy atom. The van der Waals surface area contributed by atoms with E-state index in [1.54, 1.807) is 18.3 Å². The SMILES string of the molecule is COc1ccc2c(c1)CC(C)C1=C2CC[C@]2(C)[C@@H](O)CC[C@@H]12. The third kappa shape index (κ3) is 1.83. The van der Waals surface area contributed by atoms with Gasteiger partial charge in [-0.1, -0.05) is 25.5 Å². The van der Waals surface area contributed by atoms with Crippen LogP contribution in [0.1, 0.15) is 50.7 Å². The Morgan fingerprint density at radius 1 is 1.27 bits per heavy atom. The van der Waals surface area contributed by atoms with Gasteiger partial charge in [0, 0.05) is 5.41 Å². The summed E-state index contributed by atoms with van der Waals surface area (Å²) in [5, 5.41) is 10.5. The fourth-order valence-electron chi connectivity index (χ4n) is 5.35. The maximum Gasteiger partial charge on any atom is 0.119 e. The summed E-state index contributed by atoms with van der Waals surface area (Å²) in [6.07, 6.45) is 5.36. The molecule has 2 heteroatoms. The summed E-state index contributed by atoms with van der Waals surface area (Å²) in [5.74, 6) is 2.13. The van der Waals surface area contributed by atoms with Crippen molar-refractivity contribution in [2.24, 2.45) is 17.3 Å². The molecule has 0 saturated heterocycles. The molecule has 0 bridgehead atoms. The van der Waals surface area contributed by atoms with Gasteiger partial charge in [-0.25, -0.2) is 0 Å². The zero-order chi connectivity index (χ0) is 15.5. The number of ether oxygens (including phenoxy) is 1. The monoisotopic (exact) mass is 298 g/mol. The van der Waals surface area contributed by atoms with Crippen LogP contribution in [0, 0.1) is 17.3 Å². The van der Waals surface area contributed by atoms with E-state index in [-0.39, 0.29) is 11.5 Å². The van der Waals surface area contributed by atoms with Gasteiger partial charge in [0.25, 0.3) is 0 Å². The average Bonchev–Trinajstić information content (AvgIpc) is 2.82. The van der Waals surface area contributed by atoms with E-state index in [9.17, 15) is 5.11 Å². The van der Waals surface area contributed by atoms with Gasteiger partial charge in [-0.2, -0.15) is 0 Å². The van der Waals surface area contributed by atoms with E-state index in [1.807, 2.05) is 0 Å². The summed E-state index contributed by atoms with van der Waals surface area (Å²) in [6.45, 7) is 4.68. The molecule has 0 aromatic heterocycles. The van der Waals surface area contributed by atoms with Crippen molar-refractivity contribution >= 4 is 5.57 Å². The minimum atomic E-state index is -0.115. The maximum atomic E-state index is 10.5. The van der Waals surface area contributed by atoms with Crippen LogP contribution in [0.4, 0.5) is 0 Å². The lowest BCUT2D eigenvalue weighted by atomic mass is 9.60. The number of aliphatic hydroxyl groups excluding tert-OH is 1. The van der Waals surface area contributed by atoms with Crippen LogP contribution in [0.5, 0.6) is 5.75 Å². The first-order valence-corrected chi connectivity index (χ1v) is 8.63. The topological polar surface area (TPSA) is 29.5 Å². The van der Waals surface area contributed by atoms with Crippen LogP contribution in [0.25, 0.3) is 5.57 Å². The van der Waals surface area contributed by atoms with Crippen molar-refractivity contribution in [2.45, 2.75) is 52.1 Å². The minimum Gasteiger partial charge on any atom is -0.497 e. The van der Waals surface area contributed by atoms with Crippen molar-refractivity contribution in [3.8, 4) is 5.75 Å². The molecule has 0 spiro atoms. The minimum absolute atomic E-state index is 0.108. The lowest BCUT2D eigenvalue weighted by molar-refractivity contribution is 0.0362. The molecule has 1 fully saturated rings. The molecule has 1 aromatic rings. The fraction of sp³-hybridized carbons (Fsp3) is 0.600. The fourth-order valence-corrected chi connectivity index (χ4v) is 5.35. The van der Waals surface area contributed by atoms with Crippen LogP contribution in [-0.4, -0.2) is 18.3 Å². The smallest absolute Gasteiger partial charge is 0.119 e. The Balaban J connectivity index is 1.84. The Hall–Kier alpha value is -1.28. The molecule has 0 radical (unpaired) electrons. The Morgan fingerprint density at radius 2 is 2.09 bits per heavy atom. The van der Waals surface area contributed by atoms with Gasteiger partial charge in [0.15, 0.2) is 0 Å². The zero-order valence-electron chi connectivity index (χ0n) is 13.9. The van der Waals surface area contributed by atoms with Crippen LogP contribution in [0.15, 0.2) is 23.8 Å². The summed E-state index contributed by atoms with van der Waals surface area (Å²) in [4.78, 5) is 0. The van der Waals surface area contributed by atoms with E-state index in [0.29, 0.717) is 11.8 Å². The molecule has 2 nitrogen and oxygen atoms in total. The number of methoxy groups -OCH3 is 1. The number of aliphatic hydroxyl groups is 1. The third-order valence-electron chi connectivity index (χ3n) is 6.62. The molecule has 22 heavy (non-hydrogen) atoms. The molecular weight excluding hydrogens is 272 g/mol. The van der Waals surface area contributed by atoms with Crippen LogP contribution >= 0.6 is 0 Å². The van der Waals surface area contributed by atoms with E-state index >= 15 is 0 Å². The summed E-state index contributed by atoms with van der Waals surface area (Å²) < 4.78 is 5.40. The van der Waals surface area contributed by atoms with Crippen molar-refractivity contribution in [3.05, 3.63) is 34.9 Å². The van der Waals surface area contributed by atoms with E-state index in [2.05, 4.69) is 32.0 Å². The molecule has 1 aromatic carbocycles. The number of rotatable bonds is 1. The number of benzene rings is 1. The van der Waals surface area contributed by atoms with Gasteiger partial charge in [-0.05, 0) is 72.8 Å². The van der Waals surface area contributed by atoms with Crippen LogP contribution in [0.2, 0.25) is 0 Å². The number of hydrogen-bond acceptors (Lipinski definition) is 2. The molecule has 0 aliphatic heterocycles. The third-order valence-corrected chi connectivity index (χ3v) is 6.62. The highest BCUT2D eigenvalue weighted by molar-refractivity contribution is 5.76. The van der Waals surface area contributed by atoms with Crippen molar-refractivity contribution < 1.29 is 9.84 Å². The summed E-state index contributed by atoms with van der Waals surface area (Å²) in [7, 11) is 1.74. The molecule has 3 aliphatic rings. The van der Waals surface area contributed by atoms with Gasteiger partial charge in [-0.3, -0.25) is 0 Å². The highest BCUT2D eigenvalue weighted by Crippen LogP contribution is 2.59. The van der Waals surface area contributed by atoms with E-state index in [0.717, 1.165) is 37.9 Å². The quantitative estimate of drug-likeness (QED) is 0.841. The lowest BCUT2D eigenvalue weighted by Gasteiger charge is -2.45. The second-order valence-electron chi connectivity index (χ2n) is 7.71. The molecule has 3 aliphatic carbocycles. The molecule has 0 heterocycles. The molecule has 118 valence electrons. The van der Waals surface area contributed by atoms with E-state index in [1.165, 1.54) is 11.1 Å². The van der Waals surface area contributed by atoms with E-state index in [4.69, 9.17) is 4.74 Å². The van der Waals surface area contributed by atoms with Gasteiger partial charge in [0.1, 0.15) is 5.75 Å². The molecule has 4 atom stereocenters. The first-order valence-electron chi connectivity index (χ1n) is 8.63. The van der Waals surface area contributed by atoms with Gasteiger partial charge < -0.3 is 9.84 Å².